The molecule has 0 aliphatic carbocycles. The van der Waals surface area contributed by atoms with Crippen molar-refractivity contribution in [3.05, 3.63) is 83.3 Å². The Balaban J connectivity index is 1.49. The van der Waals surface area contributed by atoms with Gasteiger partial charge in [-0.1, -0.05) is 6.07 Å². The number of carbonyl (C=O) groups is 1. The lowest BCUT2D eigenvalue weighted by molar-refractivity contribution is 0.0940. The summed E-state index contributed by atoms with van der Waals surface area (Å²) in [5, 5.41) is 24.3. The van der Waals surface area contributed by atoms with Crippen molar-refractivity contribution in [1.29, 1.82) is 0 Å². The van der Waals surface area contributed by atoms with Crippen LogP contribution < -0.4 is 20.7 Å². The van der Waals surface area contributed by atoms with Crippen molar-refractivity contribution >= 4 is 17.3 Å². The van der Waals surface area contributed by atoms with Crippen molar-refractivity contribution < 1.29 is 14.6 Å². The number of aromatic nitrogens is 3. The summed E-state index contributed by atoms with van der Waals surface area (Å²) in [5.41, 5.74) is 6.55. The van der Waals surface area contributed by atoms with E-state index in [9.17, 15) is 9.90 Å². The van der Waals surface area contributed by atoms with Crippen LogP contribution in [0.2, 0.25) is 0 Å². The number of rotatable bonds is 9. The van der Waals surface area contributed by atoms with Gasteiger partial charge in [0.05, 0.1) is 30.7 Å². The Morgan fingerprint density at radius 3 is 2.68 bits per heavy atom. The minimum atomic E-state index is -0.175. The van der Waals surface area contributed by atoms with Gasteiger partial charge in [0.2, 0.25) is 5.88 Å². The number of anilines is 2. The number of nitrogens with one attached hydrogen (secondary N) is 3. The smallest absolute Gasteiger partial charge is 0.251 e. The Bertz CT molecular complexity index is 1420. The molecule has 2 aromatic heterocycles. The van der Waals surface area contributed by atoms with Crippen LogP contribution in [0.1, 0.15) is 40.1 Å². The first-order valence-electron chi connectivity index (χ1n) is 12.0. The fourth-order valence-electron chi connectivity index (χ4n) is 4.20. The number of methoxy groups -OCH3 is 1. The molecule has 4 N–H and O–H groups in total. The second-order valence-electron chi connectivity index (χ2n) is 8.77. The number of phenols is 1. The number of pyridine rings is 1. The van der Waals surface area contributed by atoms with E-state index in [1.165, 1.54) is 0 Å². The SMILES string of the molecule is CNc1cc(C(=O)NC(C)c2cnn(C)c2C)ccc1NCc1cc(-c2cccnc2OC)ccc1O. The maximum Gasteiger partial charge on any atom is 0.251 e. The largest absolute Gasteiger partial charge is 0.508 e. The molecule has 1 amide bonds. The van der Waals surface area contributed by atoms with E-state index in [2.05, 4.69) is 26.0 Å². The first kappa shape index (κ1) is 25.6. The van der Waals surface area contributed by atoms with Crippen molar-refractivity contribution in [2.75, 3.05) is 24.8 Å². The third kappa shape index (κ3) is 5.50. The van der Waals surface area contributed by atoms with Crippen LogP contribution in [-0.4, -0.2) is 39.9 Å². The van der Waals surface area contributed by atoms with E-state index in [1.54, 1.807) is 49.4 Å². The lowest BCUT2D eigenvalue weighted by atomic mass is 10.0. The fourth-order valence-corrected chi connectivity index (χ4v) is 4.20. The van der Waals surface area contributed by atoms with E-state index in [-0.39, 0.29) is 17.7 Å². The van der Waals surface area contributed by atoms with E-state index in [1.807, 2.05) is 51.2 Å². The van der Waals surface area contributed by atoms with Gasteiger partial charge in [-0.15, -0.1) is 0 Å². The zero-order valence-corrected chi connectivity index (χ0v) is 21.7. The van der Waals surface area contributed by atoms with E-state index >= 15 is 0 Å². The molecule has 0 saturated heterocycles. The van der Waals surface area contributed by atoms with Crippen molar-refractivity contribution in [2.24, 2.45) is 7.05 Å². The molecule has 0 radical (unpaired) electrons. The van der Waals surface area contributed by atoms with Crippen LogP contribution in [0.25, 0.3) is 11.1 Å². The van der Waals surface area contributed by atoms with Crippen molar-refractivity contribution in [3.8, 4) is 22.8 Å². The first-order chi connectivity index (χ1) is 17.8. The summed E-state index contributed by atoms with van der Waals surface area (Å²) in [7, 11) is 5.26. The second kappa shape index (κ2) is 11.0. The van der Waals surface area contributed by atoms with E-state index in [0.29, 0.717) is 23.6 Å². The van der Waals surface area contributed by atoms with Gasteiger partial charge in [-0.2, -0.15) is 5.10 Å². The molecule has 1 atom stereocenters. The Morgan fingerprint density at radius 1 is 1.16 bits per heavy atom. The highest BCUT2D eigenvalue weighted by atomic mass is 16.5. The summed E-state index contributed by atoms with van der Waals surface area (Å²) >= 11 is 0. The van der Waals surface area contributed by atoms with E-state index in [0.717, 1.165) is 33.8 Å². The predicted molar refractivity (Wildman–Crippen MR) is 145 cm³/mol. The van der Waals surface area contributed by atoms with Gasteiger partial charge >= 0.3 is 0 Å². The molecular weight excluding hydrogens is 468 g/mol. The highest BCUT2D eigenvalue weighted by Crippen LogP contribution is 2.32. The average Bonchev–Trinajstić information content (AvgIpc) is 3.25. The normalized spacial score (nSPS) is 11.6. The molecular formula is C28H32N6O3. The number of carbonyl (C=O) groups excluding carboxylic acids is 1. The van der Waals surface area contributed by atoms with E-state index < -0.39 is 0 Å². The third-order valence-electron chi connectivity index (χ3n) is 6.46. The maximum atomic E-state index is 12.9. The lowest BCUT2D eigenvalue weighted by Gasteiger charge is -2.17. The van der Waals surface area contributed by atoms with Crippen LogP contribution in [0, 0.1) is 6.92 Å². The molecule has 0 aliphatic rings. The van der Waals surface area contributed by atoms with Crippen LogP contribution in [0.15, 0.2) is 60.9 Å². The zero-order chi connectivity index (χ0) is 26.5. The molecule has 0 spiro atoms. The zero-order valence-electron chi connectivity index (χ0n) is 21.7. The number of aromatic hydroxyl groups is 1. The number of hydrogen-bond donors (Lipinski definition) is 4. The van der Waals surface area contributed by atoms with Gasteiger partial charge in [-0.25, -0.2) is 4.98 Å². The molecule has 192 valence electrons. The van der Waals surface area contributed by atoms with Gasteiger partial charge in [-0.05, 0) is 61.9 Å². The van der Waals surface area contributed by atoms with E-state index in [4.69, 9.17) is 4.74 Å². The third-order valence-corrected chi connectivity index (χ3v) is 6.46. The quantitative estimate of drug-likeness (QED) is 0.265. The van der Waals surface area contributed by atoms with Gasteiger partial charge in [0.25, 0.3) is 5.91 Å². The number of phenolic OH excluding ortho intramolecular Hbond substituents is 1. The minimum absolute atomic E-state index is 0.172. The molecule has 0 aliphatic heterocycles. The lowest BCUT2D eigenvalue weighted by Crippen LogP contribution is -2.27. The summed E-state index contributed by atoms with van der Waals surface area (Å²) in [6.45, 7) is 4.30. The van der Waals surface area contributed by atoms with Crippen LogP contribution in [0.5, 0.6) is 11.6 Å². The molecule has 0 bridgehead atoms. The molecule has 2 aromatic carbocycles. The molecule has 1 unspecified atom stereocenters. The Kier molecular flexibility index (Phi) is 7.62. The monoisotopic (exact) mass is 500 g/mol. The predicted octanol–water partition coefficient (Wildman–Crippen LogP) is 4.65. The van der Waals surface area contributed by atoms with Crippen molar-refractivity contribution in [3.63, 3.8) is 0 Å². The first-order valence-corrected chi connectivity index (χ1v) is 12.0. The Hall–Kier alpha value is -4.53. The summed E-state index contributed by atoms with van der Waals surface area (Å²) < 4.78 is 7.17. The van der Waals surface area contributed by atoms with Crippen LogP contribution in [0.3, 0.4) is 0 Å². The molecule has 9 heteroatoms. The minimum Gasteiger partial charge on any atom is -0.508 e. The van der Waals surface area contributed by atoms with Crippen LogP contribution in [0.4, 0.5) is 11.4 Å². The molecule has 0 saturated carbocycles. The number of benzene rings is 2. The molecule has 9 nitrogen and oxygen atoms in total. The number of ether oxygens (including phenoxy) is 1. The number of aryl methyl sites for hydroxylation is 1. The topological polar surface area (TPSA) is 113 Å². The summed E-state index contributed by atoms with van der Waals surface area (Å²) in [6.07, 6.45) is 3.45. The highest BCUT2D eigenvalue weighted by Gasteiger charge is 2.17. The average molecular weight is 501 g/mol. The fraction of sp³-hybridized carbons (Fsp3) is 0.250. The number of nitrogens with zero attached hydrogens (tertiary/aromatic N) is 3. The molecule has 2 heterocycles. The molecule has 0 fully saturated rings. The second-order valence-corrected chi connectivity index (χ2v) is 8.77. The van der Waals surface area contributed by atoms with Crippen molar-refractivity contribution in [2.45, 2.75) is 26.4 Å². The Morgan fingerprint density at radius 2 is 1.97 bits per heavy atom. The standard InChI is InChI=1S/C28H32N6O3/c1-17(23-16-32-34(4)18(23)2)33-27(36)20-8-10-24(25(14-20)29-3)31-15-21-13-19(9-11-26(21)35)22-7-6-12-30-28(22)37-5/h6-14,16-17,29,31,35H,15H2,1-5H3,(H,33,36). The molecule has 4 aromatic rings. The molecule has 4 rings (SSSR count). The number of amides is 1. The maximum absolute atomic E-state index is 12.9. The van der Waals surface area contributed by atoms with Gasteiger partial charge in [-0.3, -0.25) is 9.48 Å². The summed E-state index contributed by atoms with van der Waals surface area (Å²) in [6, 6.07) is 14.4. The number of hydrogen-bond acceptors (Lipinski definition) is 7. The van der Waals surface area contributed by atoms with Gasteiger partial charge in [0.1, 0.15) is 5.75 Å². The van der Waals surface area contributed by atoms with Crippen molar-refractivity contribution in [1.82, 2.24) is 20.1 Å². The summed E-state index contributed by atoms with van der Waals surface area (Å²) in [5.74, 6) is 0.529. The Labute approximate surface area is 216 Å². The summed E-state index contributed by atoms with van der Waals surface area (Å²) in [4.78, 5) is 17.2. The van der Waals surface area contributed by atoms with Crippen LogP contribution >= 0.6 is 0 Å². The van der Waals surface area contributed by atoms with Gasteiger partial charge in [0, 0.05) is 54.8 Å². The molecule has 37 heavy (non-hydrogen) atoms. The van der Waals surface area contributed by atoms with Gasteiger partial charge in [0.15, 0.2) is 0 Å². The highest BCUT2D eigenvalue weighted by molar-refractivity contribution is 5.96. The van der Waals surface area contributed by atoms with Gasteiger partial charge < -0.3 is 25.8 Å². The van der Waals surface area contributed by atoms with Crippen LogP contribution in [-0.2, 0) is 13.6 Å².